The van der Waals surface area contributed by atoms with Gasteiger partial charge in [0.2, 0.25) is 0 Å². The summed E-state index contributed by atoms with van der Waals surface area (Å²) in [6, 6.07) is 48.7. The fourth-order valence-corrected chi connectivity index (χ4v) is 8.41. The molecule has 0 atom stereocenters. The summed E-state index contributed by atoms with van der Waals surface area (Å²) < 4.78 is 5.12. The third-order valence-electron chi connectivity index (χ3n) is 9.09. The lowest BCUT2D eigenvalue weighted by Gasteiger charge is -2.52. The monoisotopic (exact) mass is 556 g/mol. The van der Waals surface area contributed by atoms with Crippen LogP contribution >= 0.6 is 11.3 Å². The van der Waals surface area contributed by atoms with Crippen molar-refractivity contribution in [3.05, 3.63) is 139 Å². The molecule has 3 heterocycles. The summed E-state index contributed by atoms with van der Waals surface area (Å²) in [5, 5.41) is 5.29. The first kappa shape index (κ1) is 23.8. The van der Waals surface area contributed by atoms with Crippen molar-refractivity contribution in [2.75, 3.05) is 4.90 Å². The zero-order valence-electron chi connectivity index (χ0n) is 23.5. The second-order valence-electron chi connectivity index (χ2n) is 11.7. The Bertz CT molecular complexity index is 2320. The molecular weight excluding hydrogens is 529 g/mol. The van der Waals surface area contributed by atoms with Crippen LogP contribution in [0.25, 0.3) is 58.8 Å². The molecular formula is C39H28N2S. The molecule has 200 valence electrons. The molecule has 0 saturated carbocycles. The van der Waals surface area contributed by atoms with Gasteiger partial charge in [-0.2, -0.15) is 0 Å². The Balaban J connectivity index is 1.40. The SMILES string of the molecule is CC1(C)c2ccc3sc4cccc(-c5ccccc5)c4c3c2N1c1cccc2c3ccccc3n(-c3ccccc3)c12. The topological polar surface area (TPSA) is 8.17 Å². The Kier molecular flexibility index (Phi) is 4.86. The van der Waals surface area contributed by atoms with E-state index in [1.54, 1.807) is 0 Å². The van der Waals surface area contributed by atoms with Gasteiger partial charge in [-0.25, -0.2) is 0 Å². The van der Waals surface area contributed by atoms with Gasteiger partial charge in [-0.3, -0.25) is 0 Å². The Morgan fingerprint density at radius 2 is 1.26 bits per heavy atom. The summed E-state index contributed by atoms with van der Waals surface area (Å²) >= 11 is 1.90. The highest BCUT2D eigenvalue weighted by molar-refractivity contribution is 7.26. The predicted molar refractivity (Wildman–Crippen MR) is 181 cm³/mol. The molecule has 0 amide bonds. The standard InChI is InChI=1S/C39H28N2S/c1-39(2)30-23-24-34-36(35-27(18-12-22-33(35)42-34)25-13-5-3-6-14-25)38(30)41(39)32-21-11-19-29-28-17-9-10-20-31(28)40(37(29)32)26-15-7-4-8-16-26/h3-24H,1-2H3. The van der Waals surface area contributed by atoms with Crippen LogP contribution in [-0.4, -0.2) is 4.57 Å². The highest BCUT2D eigenvalue weighted by Gasteiger charge is 2.45. The van der Waals surface area contributed by atoms with Crippen molar-refractivity contribution in [2.24, 2.45) is 0 Å². The molecule has 0 fully saturated rings. The van der Waals surface area contributed by atoms with E-state index in [2.05, 4.69) is 157 Å². The van der Waals surface area contributed by atoms with Gasteiger partial charge >= 0.3 is 0 Å². The number of rotatable bonds is 3. The summed E-state index contributed by atoms with van der Waals surface area (Å²) in [5.41, 5.74) is 10.0. The lowest BCUT2D eigenvalue weighted by atomic mass is 9.78. The highest BCUT2D eigenvalue weighted by Crippen LogP contribution is 2.59. The summed E-state index contributed by atoms with van der Waals surface area (Å²) in [6.45, 7) is 4.73. The average molecular weight is 557 g/mol. The maximum absolute atomic E-state index is 2.61. The number of nitrogens with zero attached hydrogens (tertiary/aromatic N) is 2. The van der Waals surface area contributed by atoms with Crippen LogP contribution in [-0.2, 0) is 5.54 Å². The largest absolute Gasteiger partial charge is 0.329 e. The lowest BCUT2D eigenvalue weighted by molar-refractivity contribution is 0.488. The summed E-state index contributed by atoms with van der Waals surface area (Å²) in [5.74, 6) is 0. The number of anilines is 2. The van der Waals surface area contributed by atoms with E-state index in [0.29, 0.717) is 0 Å². The average Bonchev–Trinajstić information content (AvgIpc) is 3.58. The smallest absolute Gasteiger partial charge is 0.0779 e. The molecule has 8 aromatic rings. The van der Waals surface area contributed by atoms with Crippen LogP contribution in [0.2, 0.25) is 0 Å². The number of thiophene rings is 1. The Morgan fingerprint density at radius 1 is 0.571 bits per heavy atom. The van der Waals surface area contributed by atoms with E-state index >= 15 is 0 Å². The maximum atomic E-state index is 2.61. The van der Waals surface area contributed by atoms with Crippen LogP contribution < -0.4 is 4.90 Å². The van der Waals surface area contributed by atoms with Gasteiger partial charge in [-0.1, -0.05) is 97.1 Å². The predicted octanol–water partition coefficient (Wildman–Crippen LogP) is 11.2. The molecule has 1 aliphatic rings. The van der Waals surface area contributed by atoms with Crippen molar-refractivity contribution in [1.29, 1.82) is 0 Å². The van der Waals surface area contributed by atoms with Crippen molar-refractivity contribution in [3.63, 3.8) is 0 Å². The van der Waals surface area contributed by atoms with Gasteiger partial charge in [0, 0.05) is 42.2 Å². The van der Waals surface area contributed by atoms with Crippen molar-refractivity contribution in [3.8, 4) is 16.8 Å². The van der Waals surface area contributed by atoms with Gasteiger partial charge in [0.1, 0.15) is 0 Å². The first-order chi connectivity index (χ1) is 20.6. The zero-order valence-corrected chi connectivity index (χ0v) is 24.3. The van der Waals surface area contributed by atoms with Crippen molar-refractivity contribution >= 4 is 64.7 Å². The van der Waals surface area contributed by atoms with E-state index in [-0.39, 0.29) is 5.54 Å². The number of hydrogen-bond acceptors (Lipinski definition) is 2. The minimum absolute atomic E-state index is 0.161. The molecule has 2 nitrogen and oxygen atoms in total. The molecule has 0 radical (unpaired) electrons. The normalized spacial score (nSPS) is 14.1. The number of benzene rings is 6. The minimum atomic E-state index is -0.161. The van der Waals surface area contributed by atoms with Gasteiger partial charge in [0.25, 0.3) is 0 Å². The van der Waals surface area contributed by atoms with Crippen molar-refractivity contribution in [1.82, 2.24) is 4.57 Å². The summed E-state index contributed by atoms with van der Waals surface area (Å²) in [4.78, 5) is 2.61. The van der Waals surface area contributed by atoms with Crippen LogP contribution in [0.15, 0.2) is 133 Å². The van der Waals surface area contributed by atoms with Crippen LogP contribution in [0, 0.1) is 0 Å². The molecule has 0 spiro atoms. The van der Waals surface area contributed by atoms with Gasteiger partial charge in [-0.15, -0.1) is 11.3 Å². The second-order valence-corrected chi connectivity index (χ2v) is 12.8. The fraction of sp³-hybridized carbons (Fsp3) is 0.0769. The molecule has 2 aromatic heterocycles. The molecule has 6 aromatic carbocycles. The van der Waals surface area contributed by atoms with Crippen LogP contribution in [0.3, 0.4) is 0 Å². The summed E-state index contributed by atoms with van der Waals surface area (Å²) in [6.07, 6.45) is 0. The third-order valence-corrected chi connectivity index (χ3v) is 10.2. The maximum Gasteiger partial charge on any atom is 0.0779 e. The number of para-hydroxylation sites is 3. The quantitative estimate of drug-likeness (QED) is 0.210. The van der Waals surface area contributed by atoms with Crippen molar-refractivity contribution in [2.45, 2.75) is 19.4 Å². The van der Waals surface area contributed by atoms with Gasteiger partial charge in [-0.05, 0) is 61.4 Å². The van der Waals surface area contributed by atoms with Gasteiger partial charge < -0.3 is 9.47 Å². The Hall–Kier alpha value is -4.86. The number of fused-ring (bicyclic) bond motifs is 8. The molecule has 0 saturated heterocycles. The van der Waals surface area contributed by atoms with Crippen LogP contribution in [0.5, 0.6) is 0 Å². The van der Waals surface area contributed by atoms with E-state index in [1.807, 2.05) is 11.3 Å². The molecule has 3 heteroatoms. The van der Waals surface area contributed by atoms with E-state index in [0.717, 1.165) is 0 Å². The fourth-order valence-electron chi connectivity index (χ4n) is 7.27. The number of aromatic nitrogens is 1. The first-order valence-corrected chi connectivity index (χ1v) is 15.4. The number of hydrogen-bond donors (Lipinski definition) is 0. The van der Waals surface area contributed by atoms with E-state index in [1.165, 1.54) is 75.7 Å². The highest BCUT2D eigenvalue weighted by atomic mass is 32.1. The van der Waals surface area contributed by atoms with E-state index in [4.69, 9.17) is 0 Å². The summed E-state index contributed by atoms with van der Waals surface area (Å²) in [7, 11) is 0. The molecule has 9 rings (SSSR count). The minimum Gasteiger partial charge on any atom is -0.329 e. The second kappa shape index (κ2) is 8.58. The molecule has 0 N–H and O–H groups in total. The Labute approximate surface area is 248 Å². The molecule has 0 aliphatic carbocycles. The zero-order chi connectivity index (χ0) is 28.0. The molecule has 1 aliphatic heterocycles. The first-order valence-electron chi connectivity index (χ1n) is 14.5. The molecule has 42 heavy (non-hydrogen) atoms. The molecule has 0 bridgehead atoms. The lowest BCUT2D eigenvalue weighted by Crippen LogP contribution is -2.47. The van der Waals surface area contributed by atoms with Gasteiger partial charge in [0.05, 0.1) is 27.9 Å². The Morgan fingerprint density at radius 3 is 2.10 bits per heavy atom. The van der Waals surface area contributed by atoms with Crippen LogP contribution in [0.1, 0.15) is 19.4 Å². The third kappa shape index (κ3) is 3.09. The molecule has 0 unspecified atom stereocenters. The van der Waals surface area contributed by atoms with E-state index < -0.39 is 0 Å². The van der Waals surface area contributed by atoms with Crippen molar-refractivity contribution < 1.29 is 0 Å². The van der Waals surface area contributed by atoms with Gasteiger partial charge in [0.15, 0.2) is 0 Å². The van der Waals surface area contributed by atoms with Crippen LogP contribution in [0.4, 0.5) is 11.4 Å². The van der Waals surface area contributed by atoms with E-state index in [9.17, 15) is 0 Å².